The molecule has 26 heavy (non-hydrogen) atoms. The normalized spacial score (nSPS) is 11.2. The molecule has 0 aliphatic heterocycles. The third-order valence-electron chi connectivity index (χ3n) is 4.24. The summed E-state index contributed by atoms with van der Waals surface area (Å²) in [6.07, 6.45) is 8.08. The minimum absolute atomic E-state index is 0.173. The highest BCUT2D eigenvalue weighted by Crippen LogP contribution is 2.32. The topological polar surface area (TPSA) is 9.23 Å². The molecule has 0 spiro atoms. The molecule has 0 saturated heterocycles. The van der Waals surface area contributed by atoms with Gasteiger partial charge >= 0.3 is 0 Å². The van der Waals surface area contributed by atoms with Gasteiger partial charge in [0.15, 0.2) is 0 Å². The summed E-state index contributed by atoms with van der Waals surface area (Å²) in [5.74, 6) is 3.60. The van der Waals surface area contributed by atoms with Crippen LogP contribution in [-0.2, 0) is 0 Å². The zero-order valence-electron chi connectivity index (χ0n) is 14.9. The van der Waals surface area contributed by atoms with Crippen LogP contribution in [0.4, 0.5) is 0 Å². The Labute approximate surface area is 156 Å². The molecule has 3 aromatic carbocycles. The fourth-order valence-electron chi connectivity index (χ4n) is 3.01. The fraction of sp³-hybridized carbons (Fsp3) is 0.120. The summed E-state index contributed by atoms with van der Waals surface area (Å²) >= 11 is 0. The maximum Gasteiger partial charge on any atom is 0.124 e. The molecule has 128 valence electrons. The fourth-order valence-corrected chi connectivity index (χ4v) is 3.01. The van der Waals surface area contributed by atoms with Gasteiger partial charge in [-0.15, -0.1) is 6.42 Å². The van der Waals surface area contributed by atoms with E-state index in [0.717, 1.165) is 28.0 Å². The molecule has 0 fully saturated rings. The first-order chi connectivity index (χ1) is 12.8. The predicted molar refractivity (Wildman–Crippen MR) is 109 cm³/mol. The van der Waals surface area contributed by atoms with Crippen LogP contribution in [0.3, 0.4) is 0 Å². The molecule has 3 rings (SSSR count). The van der Waals surface area contributed by atoms with Gasteiger partial charge in [-0.3, -0.25) is 0 Å². The van der Waals surface area contributed by atoms with Gasteiger partial charge in [0.1, 0.15) is 5.75 Å². The third kappa shape index (κ3) is 4.05. The lowest BCUT2D eigenvalue weighted by molar-refractivity contribution is 0.336. The molecule has 0 saturated carbocycles. The van der Waals surface area contributed by atoms with E-state index in [0.29, 0.717) is 6.61 Å². The maximum atomic E-state index is 5.92. The second-order valence-electron chi connectivity index (χ2n) is 5.93. The van der Waals surface area contributed by atoms with Gasteiger partial charge in [-0.05, 0) is 29.7 Å². The molecule has 0 aliphatic rings. The molecule has 0 aromatic heterocycles. The summed E-state index contributed by atoms with van der Waals surface area (Å²) in [7, 11) is 0. The Morgan fingerprint density at radius 2 is 1.42 bits per heavy atom. The van der Waals surface area contributed by atoms with Crippen LogP contribution in [0.15, 0.2) is 91.0 Å². The number of hydrogen-bond donors (Lipinski definition) is 0. The standard InChI is InChI=1S/C25H22O/c1-3-20(23-17-11-12-18-25(23)26-4-2)19-24(21-13-7-5-8-14-21)22-15-9-6-10-16-22/h1,5-20H,4H2,2H3. The number of ether oxygens (including phenoxy) is 1. The lowest BCUT2D eigenvalue weighted by Crippen LogP contribution is -2.01. The Balaban J connectivity index is 2.11. The smallest absolute Gasteiger partial charge is 0.124 e. The van der Waals surface area contributed by atoms with Gasteiger partial charge in [-0.2, -0.15) is 0 Å². The maximum absolute atomic E-state index is 5.92. The monoisotopic (exact) mass is 338 g/mol. The van der Waals surface area contributed by atoms with E-state index in [1.54, 1.807) is 0 Å². The van der Waals surface area contributed by atoms with Gasteiger partial charge in [-0.1, -0.05) is 90.9 Å². The molecular weight excluding hydrogens is 316 g/mol. The second kappa shape index (κ2) is 8.74. The van der Waals surface area contributed by atoms with Gasteiger partial charge in [0.25, 0.3) is 0 Å². The van der Waals surface area contributed by atoms with Crippen molar-refractivity contribution in [2.24, 2.45) is 0 Å². The van der Waals surface area contributed by atoms with Crippen molar-refractivity contribution in [1.82, 2.24) is 0 Å². The molecule has 0 N–H and O–H groups in total. The zero-order valence-corrected chi connectivity index (χ0v) is 14.9. The summed E-state index contributed by atoms with van der Waals surface area (Å²) in [5.41, 5.74) is 4.43. The van der Waals surface area contributed by atoms with E-state index in [1.165, 1.54) is 0 Å². The van der Waals surface area contributed by atoms with E-state index in [4.69, 9.17) is 11.2 Å². The summed E-state index contributed by atoms with van der Waals surface area (Å²) in [4.78, 5) is 0. The molecule has 1 heteroatoms. The van der Waals surface area contributed by atoms with E-state index in [2.05, 4.69) is 36.3 Å². The van der Waals surface area contributed by atoms with Crippen molar-refractivity contribution >= 4 is 5.57 Å². The first-order valence-electron chi connectivity index (χ1n) is 8.84. The number of benzene rings is 3. The summed E-state index contributed by atoms with van der Waals surface area (Å²) < 4.78 is 5.79. The molecule has 0 amide bonds. The number of terminal acetylenes is 1. The Morgan fingerprint density at radius 3 is 1.96 bits per heavy atom. The van der Waals surface area contributed by atoms with Gasteiger partial charge < -0.3 is 4.74 Å². The average Bonchev–Trinajstić information content (AvgIpc) is 2.71. The molecule has 3 aromatic rings. The van der Waals surface area contributed by atoms with Gasteiger partial charge in [0.2, 0.25) is 0 Å². The highest BCUT2D eigenvalue weighted by atomic mass is 16.5. The molecule has 1 nitrogen and oxygen atoms in total. The van der Waals surface area contributed by atoms with Crippen LogP contribution in [0.5, 0.6) is 5.75 Å². The Bertz CT molecular complexity index is 860. The Kier molecular flexibility index (Phi) is 5.91. The molecule has 0 radical (unpaired) electrons. The first-order valence-corrected chi connectivity index (χ1v) is 8.84. The lowest BCUT2D eigenvalue weighted by Gasteiger charge is -2.16. The number of allylic oxidation sites excluding steroid dienone is 1. The SMILES string of the molecule is C#CC(C=C(c1ccccc1)c1ccccc1)c1ccccc1OCC. The second-order valence-corrected chi connectivity index (χ2v) is 5.93. The van der Waals surface area contributed by atoms with Gasteiger partial charge in [-0.25, -0.2) is 0 Å². The van der Waals surface area contributed by atoms with Crippen molar-refractivity contribution in [3.8, 4) is 18.1 Å². The number of para-hydroxylation sites is 1. The van der Waals surface area contributed by atoms with Crippen LogP contribution in [-0.4, -0.2) is 6.61 Å². The molecule has 1 unspecified atom stereocenters. The minimum Gasteiger partial charge on any atom is -0.494 e. The van der Waals surface area contributed by atoms with Crippen molar-refractivity contribution in [3.05, 3.63) is 108 Å². The van der Waals surface area contributed by atoms with Crippen LogP contribution in [0.1, 0.15) is 29.5 Å². The molecule has 0 aliphatic carbocycles. The van der Waals surface area contributed by atoms with Crippen molar-refractivity contribution in [1.29, 1.82) is 0 Å². The van der Waals surface area contributed by atoms with E-state index >= 15 is 0 Å². The predicted octanol–water partition coefficient (Wildman–Crippen LogP) is 5.93. The molecule has 1 atom stereocenters. The number of rotatable bonds is 6. The molecule has 0 bridgehead atoms. The van der Waals surface area contributed by atoms with E-state index in [-0.39, 0.29) is 5.92 Å². The van der Waals surface area contributed by atoms with E-state index in [1.807, 2.05) is 67.6 Å². The van der Waals surface area contributed by atoms with Gasteiger partial charge in [0, 0.05) is 5.56 Å². The highest BCUT2D eigenvalue weighted by Gasteiger charge is 2.14. The summed E-state index contributed by atoms with van der Waals surface area (Å²) in [6, 6.07) is 28.7. The average molecular weight is 338 g/mol. The van der Waals surface area contributed by atoms with E-state index < -0.39 is 0 Å². The van der Waals surface area contributed by atoms with Crippen molar-refractivity contribution in [2.75, 3.05) is 6.61 Å². The number of hydrogen-bond acceptors (Lipinski definition) is 1. The Hall–Kier alpha value is -3.24. The van der Waals surface area contributed by atoms with Crippen LogP contribution in [0.2, 0.25) is 0 Å². The van der Waals surface area contributed by atoms with Crippen molar-refractivity contribution in [3.63, 3.8) is 0 Å². The van der Waals surface area contributed by atoms with Crippen LogP contribution < -0.4 is 4.74 Å². The van der Waals surface area contributed by atoms with E-state index in [9.17, 15) is 0 Å². The highest BCUT2D eigenvalue weighted by molar-refractivity contribution is 5.80. The van der Waals surface area contributed by atoms with Crippen molar-refractivity contribution < 1.29 is 4.74 Å². The summed E-state index contributed by atoms with van der Waals surface area (Å²) in [5, 5.41) is 0. The minimum atomic E-state index is -0.173. The largest absolute Gasteiger partial charge is 0.494 e. The lowest BCUT2D eigenvalue weighted by atomic mass is 9.90. The molecule has 0 heterocycles. The Morgan fingerprint density at radius 1 is 0.885 bits per heavy atom. The van der Waals surface area contributed by atoms with Crippen LogP contribution in [0, 0.1) is 12.3 Å². The first kappa shape index (κ1) is 17.6. The molecular formula is C25H22O. The van der Waals surface area contributed by atoms with Crippen LogP contribution >= 0.6 is 0 Å². The third-order valence-corrected chi connectivity index (χ3v) is 4.24. The van der Waals surface area contributed by atoms with Gasteiger partial charge in [0.05, 0.1) is 12.5 Å². The summed E-state index contributed by atoms with van der Waals surface area (Å²) in [6.45, 7) is 2.60. The van der Waals surface area contributed by atoms with Crippen LogP contribution in [0.25, 0.3) is 5.57 Å². The zero-order chi connectivity index (χ0) is 18.2. The quantitative estimate of drug-likeness (QED) is 0.506. The van der Waals surface area contributed by atoms with Crippen molar-refractivity contribution in [2.45, 2.75) is 12.8 Å².